The maximum absolute atomic E-state index is 13.0. The molecule has 0 bridgehead atoms. The monoisotopic (exact) mass is 365 g/mol. The van der Waals surface area contributed by atoms with Gasteiger partial charge in [0, 0.05) is 32.9 Å². The number of ether oxygens (including phenoxy) is 1. The topological polar surface area (TPSA) is 92.4 Å². The van der Waals surface area contributed by atoms with Crippen molar-refractivity contribution in [3.8, 4) is 0 Å². The first kappa shape index (κ1) is 18.1. The normalized spacial score (nSPS) is 21.5. The van der Waals surface area contributed by atoms with Crippen LogP contribution < -0.4 is 10.5 Å². The molecule has 0 amide bonds. The van der Waals surface area contributed by atoms with E-state index in [0.29, 0.717) is 29.4 Å². The number of anilines is 1. The second-order valence-corrected chi connectivity index (χ2v) is 8.41. The summed E-state index contributed by atoms with van der Waals surface area (Å²) in [4.78, 5) is 47.4. The summed E-state index contributed by atoms with van der Waals surface area (Å²) in [5.41, 5.74) is -1.40. The first-order valence-electron chi connectivity index (χ1n) is 8.20. The molecule has 2 aliphatic rings. The number of nitrogens with one attached hydrogen (secondary N) is 1. The summed E-state index contributed by atoms with van der Waals surface area (Å²) in [7, 11) is 1.54. The van der Waals surface area contributed by atoms with Crippen LogP contribution in [0.3, 0.4) is 0 Å². The van der Waals surface area contributed by atoms with E-state index < -0.39 is 5.41 Å². The quantitative estimate of drug-likeness (QED) is 0.492. The number of carbonyl (C=O) groups excluding carboxylic acids is 2. The van der Waals surface area contributed by atoms with Crippen LogP contribution in [0.15, 0.2) is 9.95 Å². The number of fused-ring (bicyclic) bond motifs is 1. The van der Waals surface area contributed by atoms with Gasteiger partial charge in [-0.25, -0.2) is 4.98 Å². The molecule has 3 rings (SSSR count). The van der Waals surface area contributed by atoms with Crippen LogP contribution in [0.2, 0.25) is 0 Å². The van der Waals surface area contributed by atoms with Crippen molar-refractivity contribution in [2.75, 3.05) is 31.5 Å². The molecule has 1 fully saturated rings. The van der Waals surface area contributed by atoms with Gasteiger partial charge in [0.2, 0.25) is 0 Å². The number of aromatic amines is 1. The van der Waals surface area contributed by atoms with Crippen LogP contribution in [0.1, 0.15) is 32.3 Å². The van der Waals surface area contributed by atoms with Crippen molar-refractivity contribution in [1.82, 2.24) is 9.97 Å². The molecule has 25 heavy (non-hydrogen) atoms. The van der Waals surface area contributed by atoms with Gasteiger partial charge in [0.05, 0.1) is 5.56 Å². The van der Waals surface area contributed by atoms with E-state index >= 15 is 0 Å². The summed E-state index contributed by atoms with van der Waals surface area (Å²) in [5.74, 6) is 0.328. The third kappa shape index (κ3) is 3.01. The highest BCUT2D eigenvalue weighted by atomic mass is 32.2. The number of thioether (sulfide) groups is 1. The van der Waals surface area contributed by atoms with E-state index in [1.807, 2.05) is 20.1 Å². The maximum Gasteiger partial charge on any atom is 0.256 e. The van der Waals surface area contributed by atoms with Crippen LogP contribution in [-0.4, -0.2) is 48.2 Å². The summed E-state index contributed by atoms with van der Waals surface area (Å²) in [5, 5.41) is 0.503. The zero-order chi connectivity index (χ0) is 18.4. The highest BCUT2D eigenvalue weighted by molar-refractivity contribution is 7.98. The molecule has 1 aliphatic heterocycles. The van der Waals surface area contributed by atoms with Gasteiger partial charge < -0.3 is 14.6 Å². The molecule has 1 spiro atoms. The molecule has 1 aliphatic carbocycles. The van der Waals surface area contributed by atoms with Crippen molar-refractivity contribution >= 4 is 29.1 Å². The summed E-state index contributed by atoms with van der Waals surface area (Å²) < 4.78 is 5.24. The van der Waals surface area contributed by atoms with Gasteiger partial charge in [-0.15, -0.1) is 0 Å². The van der Waals surface area contributed by atoms with Gasteiger partial charge in [-0.05, 0) is 11.7 Å². The lowest BCUT2D eigenvalue weighted by Gasteiger charge is -2.46. The molecule has 1 N–H and O–H groups in total. The summed E-state index contributed by atoms with van der Waals surface area (Å²) >= 11 is 1.34. The van der Waals surface area contributed by atoms with Crippen molar-refractivity contribution in [1.29, 1.82) is 0 Å². The van der Waals surface area contributed by atoms with Crippen molar-refractivity contribution in [3.05, 3.63) is 15.9 Å². The number of hydrogen-bond donors (Lipinski definition) is 1. The van der Waals surface area contributed by atoms with Gasteiger partial charge in [0.25, 0.3) is 5.56 Å². The highest BCUT2D eigenvalue weighted by Gasteiger charge is 2.55. The molecule has 1 aromatic rings. The molecule has 0 atom stereocenters. The summed E-state index contributed by atoms with van der Waals surface area (Å²) in [6, 6.07) is 0. The molecule has 1 aromatic heterocycles. The van der Waals surface area contributed by atoms with E-state index in [0.717, 1.165) is 0 Å². The van der Waals surface area contributed by atoms with E-state index in [9.17, 15) is 14.4 Å². The zero-order valence-electron chi connectivity index (χ0n) is 15.0. The van der Waals surface area contributed by atoms with Crippen molar-refractivity contribution in [2.24, 2.45) is 10.8 Å². The fraction of sp³-hybridized carbons (Fsp3) is 0.647. The van der Waals surface area contributed by atoms with E-state index in [1.165, 1.54) is 18.9 Å². The maximum atomic E-state index is 13.0. The summed E-state index contributed by atoms with van der Waals surface area (Å²) in [6.07, 6.45) is 2.62. The molecule has 0 radical (unpaired) electrons. The predicted molar refractivity (Wildman–Crippen MR) is 95.0 cm³/mol. The fourth-order valence-corrected chi connectivity index (χ4v) is 4.18. The second-order valence-electron chi connectivity index (χ2n) is 7.62. The Bertz CT molecular complexity index is 767. The number of aromatic nitrogens is 2. The number of H-pyrrole nitrogens is 1. The number of methoxy groups -OCH3 is 1. The van der Waals surface area contributed by atoms with Crippen LogP contribution in [0.25, 0.3) is 0 Å². The van der Waals surface area contributed by atoms with Gasteiger partial charge in [-0.3, -0.25) is 14.4 Å². The first-order chi connectivity index (χ1) is 11.7. The minimum atomic E-state index is -1.17. The molecular weight excluding hydrogens is 342 g/mol. The molecule has 7 nitrogen and oxygen atoms in total. The van der Waals surface area contributed by atoms with Crippen LogP contribution in [0.5, 0.6) is 0 Å². The standard InChI is InChI=1S/C17H23N3O4S/c1-16(2)6-11(21)17(12(22)7-16)5-10-13(20(8-17)9-24-3)18-15(25-4)19-14(10)23/h5-9H2,1-4H3,(H,18,19,23). The molecule has 0 aromatic carbocycles. The lowest BCUT2D eigenvalue weighted by molar-refractivity contribution is -0.148. The van der Waals surface area contributed by atoms with Crippen LogP contribution in [0, 0.1) is 10.8 Å². The largest absolute Gasteiger partial charge is 0.364 e. The van der Waals surface area contributed by atoms with E-state index in [2.05, 4.69) is 9.97 Å². The van der Waals surface area contributed by atoms with E-state index in [1.54, 1.807) is 4.90 Å². The van der Waals surface area contributed by atoms with Crippen molar-refractivity contribution in [3.63, 3.8) is 0 Å². The minimum absolute atomic E-state index is 0.0890. The van der Waals surface area contributed by atoms with Crippen LogP contribution in [-0.2, 0) is 20.7 Å². The number of ketones is 2. The van der Waals surface area contributed by atoms with Crippen molar-refractivity contribution in [2.45, 2.75) is 38.3 Å². The molecule has 1 saturated carbocycles. The second kappa shape index (κ2) is 6.25. The number of nitrogens with zero attached hydrogens (tertiary/aromatic N) is 2. The smallest absolute Gasteiger partial charge is 0.256 e. The summed E-state index contributed by atoms with van der Waals surface area (Å²) in [6.45, 7) is 4.24. The predicted octanol–water partition coefficient (Wildman–Crippen LogP) is 1.40. The van der Waals surface area contributed by atoms with Gasteiger partial charge in [0.15, 0.2) is 5.16 Å². The Balaban J connectivity index is 2.11. The first-order valence-corrected chi connectivity index (χ1v) is 9.42. The third-order valence-corrected chi connectivity index (χ3v) is 5.61. The van der Waals surface area contributed by atoms with Crippen molar-refractivity contribution < 1.29 is 14.3 Å². The minimum Gasteiger partial charge on any atom is -0.364 e. The van der Waals surface area contributed by atoms with Gasteiger partial charge >= 0.3 is 0 Å². The highest BCUT2D eigenvalue weighted by Crippen LogP contribution is 2.45. The number of hydrogen-bond acceptors (Lipinski definition) is 7. The Morgan fingerprint density at radius 1 is 1.20 bits per heavy atom. The van der Waals surface area contributed by atoms with Gasteiger partial charge in [-0.1, -0.05) is 25.6 Å². The van der Waals surface area contributed by atoms with Crippen LogP contribution >= 0.6 is 11.8 Å². The lowest BCUT2D eigenvalue weighted by Crippen LogP contribution is -2.58. The Hall–Kier alpha value is -1.67. The molecule has 136 valence electrons. The zero-order valence-corrected chi connectivity index (χ0v) is 15.8. The third-order valence-electron chi connectivity index (χ3n) is 5.03. The lowest BCUT2D eigenvalue weighted by atomic mass is 9.60. The van der Waals surface area contributed by atoms with Gasteiger partial charge in [-0.2, -0.15) is 0 Å². The molecular formula is C17H23N3O4S. The van der Waals surface area contributed by atoms with Gasteiger partial charge in [0.1, 0.15) is 29.5 Å². The molecule has 8 heteroatoms. The Morgan fingerprint density at radius 2 is 1.84 bits per heavy atom. The van der Waals surface area contributed by atoms with E-state index in [4.69, 9.17) is 4.74 Å². The molecule has 0 unspecified atom stereocenters. The number of rotatable bonds is 3. The molecule has 0 saturated heterocycles. The van der Waals surface area contributed by atoms with E-state index in [-0.39, 0.29) is 42.2 Å². The average molecular weight is 365 g/mol. The number of carbonyl (C=O) groups is 2. The Morgan fingerprint density at radius 3 is 2.40 bits per heavy atom. The van der Waals surface area contributed by atoms with Crippen LogP contribution in [0.4, 0.5) is 5.82 Å². The Kier molecular flexibility index (Phi) is 4.53. The SMILES string of the molecule is COCN1CC2(Cc3c1nc(SC)[nH]c3=O)C(=O)CC(C)(C)CC2=O. The Labute approximate surface area is 150 Å². The number of Topliss-reactive ketones (excluding diaryl/α,β-unsaturated/α-hetero) is 2. The molecule has 2 heterocycles. The fourth-order valence-electron chi connectivity index (χ4n) is 3.80. The average Bonchev–Trinajstić information content (AvgIpc) is 2.53.